The van der Waals surface area contributed by atoms with E-state index in [2.05, 4.69) is 15.3 Å². The molecule has 156 valence electrons. The summed E-state index contributed by atoms with van der Waals surface area (Å²) >= 11 is 1.49. The van der Waals surface area contributed by atoms with Crippen molar-refractivity contribution in [3.05, 3.63) is 52.8 Å². The fraction of sp³-hybridized carbons (Fsp3) is 0.455. The van der Waals surface area contributed by atoms with E-state index in [1.165, 1.54) is 11.8 Å². The summed E-state index contributed by atoms with van der Waals surface area (Å²) in [6, 6.07) is 9.96. The highest BCUT2D eigenvalue weighted by molar-refractivity contribution is 7.98. The maximum atomic E-state index is 12.3. The van der Waals surface area contributed by atoms with Gasteiger partial charge in [-0.05, 0) is 50.5 Å². The normalized spacial score (nSPS) is 12.9. The number of thioether (sulfide) groups is 1. The summed E-state index contributed by atoms with van der Waals surface area (Å²) in [5, 5.41) is 3.58. The van der Waals surface area contributed by atoms with Crippen molar-refractivity contribution in [1.29, 1.82) is 0 Å². The molecular weight excluding hydrogens is 386 g/mol. The molecule has 0 aliphatic heterocycles. The Morgan fingerprint density at radius 2 is 1.72 bits per heavy atom. The van der Waals surface area contributed by atoms with Gasteiger partial charge in [-0.3, -0.25) is 9.59 Å². The molecule has 1 aromatic heterocycles. The number of carbonyl (C=O) groups excluding carboxylic acids is 2. The Kier molecular flexibility index (Phi) is 8.64. The molecule has 2 rings (SSSR count). The van der Waals surface area contributed by atoms with Crippen LogP contribution in [0, 0.1) is 13.8 Å². The van der Waals surface area contributed by atoms with E-state index in [1.54, 1.807) is 6.92 Å². The van der Waals surface area contributed by atoms with E-state index in [0.29, 0.717) is 13.0 Å². The Labute approximate surface area is 176 Å². The SMILES string of the molecule is CSc1nc(C)c(CCC(=O)O[C@@H](C)C(=O)NC[C@@H](C)c2ccccc2)c(C)n1. The molecule has 0 spiro atoms. The molecule has 2 atom stereocenters. The van der Waals surface area contributed by atoms with Gasteiger partial charge in [-0.2, -0.15) is 0 Å². The zero-order chi connectivity index (χ0) is 21.4. The molecule has 2 aromatic rings. The summed E-state index contributed by atoms with van der Waals surface area (Å²) in [7, 11) is 0. The lowest BCUT2D eigenvalue weighted by molar-refractivity contribution is -0.154. The molecule has 29 heavy (non-hydrogen) atoms. The molecule has 0 bridgehead atoms. The third-order valence-electron chi connectivity index (χ3n) is 4.79. The molecule has 0 radical (unpaired) electrons. The van der Waals surface area contributed by atoms with Crippen molar-refractivity contribution >= 4 is 23.6 Å². The van der Waals surface area contributed by atoms with E-state index in [-0.39, 0.29) is 18.2 Å². The van der Waals surface area contributed by atoms with Gasteiger partial charge in [0.25, 0.3) is 5.91 Å². The number of nitrogens with zero attached hydrogens (tertiary/aromatic N) is 2. The number of ether oxygens (including phenoxy) is 1. The number of aryl methyl sites for hydroxylation is 2. The monoisotopic (exact) mass is 415 g/mol. The van der Waals surface area contributed by atoms with E-state index in [9.17, 15) is 9.59 Å². The molecule has 0 saturated carbocycles. The average Bonchev–Trinajstić information content (AvgIpc) is 2.71. The molecule has 0 aliphatic rings. The summed E-state index contributed by atoms with van der Waals surface area (Å²) in [5.74, 6) is -0.518. The van der Waals surface area contributed by atoms with Crippen LogP contribution in [-0.4, -0.2) is 40.7 Å². The maximum Gasteiger partial charge on any atom is 0.306 e. The number of esters is 1. The predicted octanol–water partition coefficient (Wildman–Crippen LogP) is 3.60. The van der Waals surface area contributed by atoms with Gasteiger partial charge in [-0.25, -0.2) is 9.97 Å². The first-order chi connectivity index (χ1) is 13.8. The summed E-state index contributed by atoms with van der Waals surface area (Å²) in [6.07, 6.45) is 1.77. The molecule has 0 unspecified atom stereocenters. The summed E-state index contributed by atoms with van der Waals surface area (Å²) in [5.41, 5.74) is 3.84. The van der Waals surface area contributed by atoms with Crippen LogP contribution in [0.2, 0.25) is 0 Å². The van der Waals surface area contributed by atoms with Gasteiger partial charge in [0.05, 0.1) is 0 Å². The average molecular weight is 416 g/mol. The van der Waals surface area contributed by atoms with Gasteiger partial charge in [-0.1, -0.05) is 49.0 Å². The van der Waals surface area contributed by atoms with Crippen LogP contribution >= 0.6 is 11.8 Å². The lowest BCUT2D eigenvalue weighted by Crippen LogP contribution is -2.37. The fourth-order valence-electron chi connectivity index (χ4n) is 3.00. The van der Waals surface area contributed by atoms with Gasteiger partial charge >= 0.3 is 5.97 Å². The van der Waals surface area contributed by atoms with Crippen molar-refractivity contribution in [3.63, 3.8) is 0 Å². The number of hydrogen-bond donors (Lipinski definition) is 1. The predicted molar refractivity (Wildman–Crippen MR) is 115 cm³/mol. The number of benzene rings is 1. The van der Waals surface area contributed by atoms with Crippen LogP contribution < -0.4 is 5.32 Å². The summed E-state index contributed by atoms with van der Waals surface area (Å²) < 4.78 is 5.30. The molecule has 6 nitrogen and oxygen atoms in total. The fourth-order valence-corrected chi connectivity index (χ4v) is 3.45. The van der Waals surface area contributed by atoms with Crippen LogP contribution in [0.25, 0.3) is 0 Å². The second-order valence-electron chi connectivity index (χ2n) is 7.05. The summed E-state index contributed by atoms with van der Waals surface area (Å²) in [6.45, 7) is 7.95. The van der Waals surface area contributed by atoms with E-state index in [0.717, 1.165) is 27.7 Å². The number of carbonyl (C=O) groups is 2. The van der Waals surface area contributed by atoms with Crippen molar-refractivity contribution < 1.29 is 14.3 Å². The smallest absolute Gasteiger partial charge is 0.306 e. The second kappa shape index (κ2) is 11.0. The van der Waals surface area contributed by atoms with Gasteiger partial charge in [0.15, 0.2) is 11.3 Å². The quantitative estimate of drug-likeness (QED) is 0.383. The zero-order valence-corrected chi connectivity index (χ0v) is 18.5. The number of rotatable bonds is 9. The molecule has 0 fully saturated rings. The van der Waals surface area contributed by atoms with Crippen molar-refractivity contribution in [3.8, 4) is 0 Å². The van der Waals surface area contributed by atoms with Crippen molar-refractivity contribution in [1.82, 2.24) is 15.3 Å². The first kappa shape index (κ1) is 22.9. The molecule has 0 aliphatic carbocycles. The third kappa shape index (κ3) is 6.85. The highest BCUT2D eigenvalue weighted by Crippen LogP contribution is 2.17. The van der Waals surface area contributed by atoms with Gasteiger partial charge in [0, 0.05) is 24.4 Å². The molecular formula is C22H29N3O3S. The van der Waals surface area contributed by atoms with E-state index >= 15 is 0 Å². The Hall–Kier alpha value is -2.41. The van der Waals surface area contributed by atoms with Crippen LogP contribution in [-0.2, 0) is 20.7 Å². The molecule has 1 amide bonds. The molecule has 0 saturated heterocycles. The van der Waals surface area contributed by atoms with Crippen LogP contribution in [0.3, 0.4) is 0 Å². The number of aromatic nitrogens is 2. The van der Waals surface area contributed by atoms with Gasteiger partial charge in [0.2, 0.25) is 0 Å². The number of hydrogen-bond acceptors (Lipinski definition) is 6. The molecule has 1 aromatic carbocycles. The highest BCUT2D eigenvalue weighted by Gasteiger charge is 2.19. The maximum absolute atomic E-state index is 12.3. The molecule has 1 N–H and O–H groups in total. The summed E-state index contributed by atoms with van der Waals surface area (Å²) in [4.78, 5) is 33.3. The second-order valence-corrected chi connectivity index (χ2v) is 7.82. The Bertz CT molecular complexity index is 819. The van der Waals surface area contributed by atoms with Gasteiger partial charge in [-0.15, -0.1) is 0 Å². The minimum absolute atomic E-state index is 0.179. The topological polar surface area (TPSA) is 81.2 Å². The Balaban J connectivity index is 1.80. The zero-order valence-electron chi connectivity index (χ0n) is 17.7. The van der Waals surface area contributed by atoms with Crippen LogP contribution in [0.5, 0.6) is 0 Å². The number of amides is 1. The van der Waals surface area contributed by atoms with Crippen LogP contribution in [0.15, 0.2) is 35.5 Å². The standard InChI is InChI=1S/C22H29N3O3S/c1-14(18-9-7-6-8-10-18)13-23-21(27)17(4)28-20(26)12-11-19-15(2)24-22(29-5)25-16(19)3/h6-10,14,17H,11-13H2,1-5H3,(H,23,27)/t14-,17+/m1/s1. The number of nitrogens with one attached hydrogen (secondary N) is 1. The van der Waals surface area contributed by atoms with E-state index < -0.39 is 12.1 Å². The van der Waals surface area contributed by atoms with E-state index in [4.69, 9.17) is 4.74 Å². The molecule has 7 heteroatoms. The lowest BCUT2D eigenvalue weighted by Gasteiger charge is -2.17. The minimum atomic E-state index is -0.831. The van der Waals surface area contributed by atoms with Crippen LogP contribution in [0.1, 0.15) is 48.7 Å². The van der Waals surface area contributed by atoms with Crippen molar-refractivity contribution in [2.45, 2.75) is 57.7 Å². The minimum Gasteiger partial charge on any atom is -0.453 e. The van der Waals surface area contributed by atoms with Gasteiger partial charge in [0.1, 0.15) is 0 Å². The highest BCUT2D eigenvalue weighted by atomic mass is 32.2. The first-order valence-corrected chi connectivity index (χ1v) is 10.9. The van der Waals surface area contributed by atoms with Crippen LogP contribution in [0.4, 0.5) is 0 Å². The Morgan fingerprint density at radius 3 is 2.31 bits per heavy atom. The first-order valence-electron chi connectivity index (χ1n) is 9.72. The Morgan fingerprint density at radius 1 is 1.10 bits per heavy atom. The van der Waals surface area contributed by atoms with Gasteiger partial charge < -0.3 is 10.1 Å². The van der Waals surface area contributed by atoms with Crippen molar-refractivity contribution in [2.75, 3.05) is 12.8 Å². The van der Waals surface area contributed by atoms with Crippen molar-refractivity contribution in [2.24, 2.45) is 0 Å². The van der Waals surface area contributed by atoms with E-state index in [1.807, 2.05) is 57.4 Å². The third-order valence-corrected chi connectivity index (χ3v) is 5.34. The largest absolute Gasteiger partial charge is 0.453 e. The lowest BCUT2D eigenvalue weighted by atomic mass is 10.0. The molecule has 1 heterocycles.